The summed E-state index contributed by atoms with van der Waals surface area (Å²) in [5, 5.41) is 0. The molecule has 1 heterocycles. The molecule has 1 aliphatic heterocycles. The molecule has 2 aliphatic carbocycles. The van der Waals surface area contributed by atoms with Gasteiger partial charge in [0.05, 0.1) is 0 Å². The maximum absolute atomic E-state index is 11.2. The van der Waals surface area contributed by atoms with Crippen molar-refractivity contribution < 1.29 is 9.53 Å². The number of carbonyl (C=O) groups is 1. The molecule has 2 heteroatoms. The fourth-order valence-corrected chi connectivity index (χ4v) is 3.67. The van der Waals surface area contributed by atoms with Gasteiger partial charge in [0.1, 0.15) is 6.10 Å². The number of rotatable bonds is 0. The molecule has 0 N–H and O–H groups in total. The van der Waals surface area contributed by atoms with Crippen molar-refractivity contribution >= 4 is 5.97 Å². The summed E-state index contributed by atoms with van der Waals surface area (Å²) < 4.78 is 5.47. The minimum absolute atomic E-state index is 0.0285. The van der Waals surface area contributed by atoms with Gasteiger partial charge < -0.3 is 4.74 Å². The van der Waals surface area contributed by atoms with E-state index in [1.54, 1.807) is 5.57 Å². The topological polar surface area (TPSA) is 26.3 Å². The SMILES string of the molecule is C/C=C1\C[C@H]2C[C@@H]1[C@@H]1CCC(=O)O[C@H]21. The van der Waals surface area contributed by atoms with Crippen LogP contribution in [0.25, 0.3) is 0 Å². The Labute approximate surface area is 84.3 Å². The highest BCUT2D eigenvalue weighted by atomic mass is 16.5. The van der Waals surface area contributed by atoms with Crippen LogP contribution >= 0.6 is 0 Å². The van der Waals surface area contributed by atoms with Gasteiger partial charge in [-0.2, -0.15) is 0 Å². The zero-order chi connectivity index (χ0) is 9.71. The molecule has 0 radical (unpaired) electrons. The molecule has 2 bridgehead atoms. The number of allylic oxidation sites excluding steroid dienone is 2. The van der Waals surface area contributed by atoms with Crippen molar-refractivity contribution in [3.05, 3.63) is 11.6 Å². The van der Waals surface area contributed by atoms with E-state index in [4.69, 9.17) is 4.74 Å². The van der Waals surface area contributed by atoms with Crippen LogP contribution < -0.4 is 0 Å². The van der Waals surface area contributed by atoms with Crippen molar-refractivity contribution in [3.63, 3.8) is 0 Å². The third-order valence-electron chi connectivity index (χ3n) is 4.25. The highest BCUT2D eigenvalue weighted by molar-refractivity contribution is 5.70. The molecule has 14 heavy (non-hydrogen) atoms. The molecule has 0 amide bonds. The van der Waals surface area contributed by atoms with Crippen LogP contribution in [0.15, 0.2) is 11.6 Å². The van der Waals surface area contributed by atoms with Crippen LogP contribution in [0, 0.1) is 17.8 Å². The average molecular weight is 192 g/mol. The smallest absolute Gasteiger partial charge is 0.306 e. The third kappa shape index (κ3) is 0.999. The summed E-state index contributed by atoms with van der Waals surface area (Å²) in [6, 6.07) is 0. The van der Waals surface area contributed by atoms with Gasteiger partial charge >= 0.3 is 5.97 Å². The Morgan fingerprint density at radius 1 is 1.50 bits per heavy atom. The second-order valence-corrected chi connectivity index (χ2v) is 4.83. The first-order valence-electron chi connectivity index (χ1n) is 5.64. The lowest BCUT2D eigenvalue weighted by atomic mass is 9.79. The molecular weight excluding hydrogens is 176 g/mol. The molecule has 2 nitrogen and oxygen atoms in total. The van der Waals surface area contributed by atoms with Gasteiger partial charge in [0, 0.05) is 18.3 Å². The third-order valence-corrected chi connectivity index (χ3v) is 4.25. The first kappa shape index (κ1) is 8.51. The first-order chi connectivity index (χ1) is 6.79. The fraction of sp³-hybridized carbons (Fsp3) is 0.750. The van der Waals surface area contributed by atoms with E-state index in [0.29, 0.717) is 18.3 Å². The predicted octanol–water partition coefficient (Wildman–Crippen LogP) is 2.29. The Morgan fingerprint density at radius 2 is 2.36 bits per heavy atom. The lowest BCUT2D eigenvalue weighted by molar-refractivity contribution is -0.160. The summed E-state index contributed by atoms with van der Waals surface area (Å²) in [6.45, 7) is 2.14. The van der Waals surface area contributed by atoms with Gasteiger partial charge in [0.25, 0.3) is 0 Å². The van der Waals surface area contributed by atoms with Crippen LogP contribution in [-0.2, 0) is 9.53 Å². The van der Waals surface area contributed by atoms with E-state index < -0.39 is 0 Å². The quantitative estimate of drug-likeness (QED) is 0.435. The molecular formula is C12H16O2. The monoisotopic (exact) mass is 192 g/mol. The molecule has 0 aromatic heterocycles. The minimum atomic E-state index is 0.0285. The standard InChI is InChI=1S/C12H16O2/c1-2-7-5-8-6-10(7)9-3-4-11(13)14-12(8)9/h2,8-10,12H,3-6H2,1H3/b7-2+/t8-,9-,10-,12+/m0/s1. The second-order valence-electron chi connectivity index (χ2n) is 4.83. The van der Waals surface area contributed by atoms with Crippen molar-refractivity contribution in [1.29, 1.82) is 0 Å². The summed E-state index contributed by atoms with van der Waals surface area (Å²) in [6.07, 6.45) is 6.68. The minimum Gasteiger partial charge on any atom is -0.462 e. The first-order valence-corrected chi connectivity index (χ1v) is 5.64. The van der Waals surface area contributed by atoms with E-state index in [0.717, 1.165) is 12.3 Å². The van der Waals surface area contributed by atoms with Gasteiger partial charge in [-0.15, -0.1) is 0 Å². The number of esters is 1. The van der Waals surface area contributed by atoms with Gasteiger partial charge in [-0.25, -0.2) is 0 Å². The second kappa shape index (κ2) is 2.85. The summed E-state index contributed by atoms with van der Waals surface area (Å²) in [7, 11) is 0. The molecule has 0 aromatic carbocycles. The van der Waals surface area contributed by atoms with Crippen molar-refractivity contribution in [1.82, 2.24) is 0 Å². The summed E-state index contributed by atoms with van der Waals surface area (Å²) in [5.74, 6) is 2.06. The van der Waals surface area contributed by atoms with Crippen LogP contribution in [0.1, 0.15) is 32.6 Å². The molecule has 2 saturated carbocycles. The summed E-state index contributed by atoms with van der Waals surface area (Å²) in [4.78, 5) is 11.2. The van der Waals surface area contributed by atoms with Crippen LogP contribution in [0.3, 0.4) is 0 Å². The number of carbonyl (C=O) groups excluding carboxylic acids is 1. The molecule has 3 aliphatic rings. The van der Waals surface area contributed by atoms with Gasteiger partial charge in [-0.05, 0) is 32.1 Å². The number of hydrogen-bond acceptors (Lipinski definition) is 2. The zero-order valence-corrected chi connectivity index (χ0v) is 8.53. The molecule has 0 unspecified atom stereocenters. The highest BCUT2D eigenvalue weighted by Gasteiger charge is 2.53. The summed E-state index contributed by atoms with van der Waals surface area (Å²) >= 11 is 0. The van der Waals surface area contributed by atoms with Crippen LogP contribution in [-0.4, -0.2) is 12.1 Å². The summed E-state index contributed by atoms with van der Waals surface area (Å²) in [5.41, 5.74) is 1.62. The average Bonchev–Trinajstić information content (AvgIpc) is 2.74. The normalized spacial score (nSPS) is 48.1. The molecule has 3 rings (SSSR count). The Hall–Kier alpha value is -0.790. The molecule has 0 spiro atoms. The Bertz CT molecular complexity index is 305. The van der Waals surface area contributed by atoms with E-state index in [2.05, 4.69) is 13.0 Å². The van der Waals surface area contributed by atoms with Gasteiger partial charge in [0.2, 0.25) is 0 Å². The van der Waals surface area contributed by atoms with E-state index in [-0.39, 0.29) is 12.1 Å². The van der Waals surface area contributed by atoms with Gasteiger partial charge in [-0.1, -0.05) is 11.6 Å². The Balaban J connectivity index is 1.87. The molecule has 4 atom stereocenters. The lowest BCUT2D eigenvalue weighted by Crippen LogP contribution is -2.37. The maximum atomic E-state index is 11.2. The Morgan fingerprint density at radius 3 is 3.14 bits per heavy atom. The van der Waals surface area contributed by atoms with Crippen LogP contribution in [0.4, 0.5) is 0 Å². The van der Waals surface area contributed by atoms with Crippen molar-refractivity contribution in [2.45, 2.75) is 38.7 Å². The highest BCUT2D eigenvalue weighted by Crippen LogP contribution is 2.55. The zero-order valence-electron chi connectivity index (χ0n) is 8.53. The number of hydrogen-bond donors (Lipinski definition) is 0. The van der Waals surface area contributed by atoms with E-state index >= 15 is 0 Å². The maximum Gasteiger partial charge on any atom is 0.306 e. The number of fused-ring (bicyclic) bond motifs is 5. The van der Waals surface area contributed by atoms with E-state index in [9.17, 15) is 4.79 Å². The van der Waals surface area contributed by atoms with Crippen molar-refractivity contribution in [3.8, 4) is 0 Å². The molecule has 1 saturated heterocycles. The van der Waals surface area contributed by atoms with E-state index in [1.165, 1.54) is 12.8 Å². The van der Waals surface area contributed by atoms with Crippen LogP contribution in [0.2, 0.25) is 0 Å². The largest absolute Gasteiger partial charge is 0.462 e. The lowest BCUT2D eigenvalue weighted by Gasteiger charge is -2.35. The van der Waals surface area contributed by atoms with Crippen molar-refractivity contribution in [2.75, 3.05) is 0 Å². The van der Waals surface area contributed by atoms with Gasteiger partial charge in [0.15, 0.2) is 0 Å². The Kier molecular flexibility index (Phi) is 1.73. The molecule has 76 valence electrons. The fourth-order valence-electron chi connectivity index (χ4n) is 3.67. The number of ether oxygens (including phenoxy) is 1. The molecule has 3 fully saturated rings. The van der Waals surface area contributed by atoms with E-state index in [1.807, 2.05) is 0 Å². The van der Waals surface area contributed by atoms with Crippen molar-refractivity contribution in [2.24, 2.45) is 17.8 Å². The molecule has 0 aromatic rings. The predicted molar refractivity (Wildman–Crippen MR) is 52.6 cm³/mol. The van der Waals surface area contributed by atoms with Crippen LogP contribution in [0.5, 0.6) is 0 Å². The van der Waals surface area contributed by atoms with Gasteiger partial charge in [-0.3, -0.25) is 4.79 Å².